The Morgan fingerprint density at radius 1 is 1.38 bits per heavy atom. The average Bonchev–Trinajstić information content (AvgIpc) is 3.18. The van der Waals surface area contributed by atoms with E-state index < -0.39 is 23.8 Å². The molecule has 1 aliphatic carbocycles. The summed E-state index contributed by atoms with van der Waals surface area (Å²) in [5.74, 6) is -0.152. The molecule has 1 unspecified atom stereocenters. The Hall–Kier alpha value is -1.27. The van der Waals surface area contributed by atoms with Gasteiger partial charge in [-0.05, 0) is 43.4 Å². The number of rotatable bonds is 4. The predicted octanol–water partition coefficient (Wildman–Crippen LogP) is 3.04. The molecule has 0 radical (unpaired) electrons. The number of hydrogen-bond acceptors (Lipinski definition) is 2. The monoisotopic (exact) mass is 322 g/mol. The summed E-state index contributed by atoms with van der Waals surface area (Å²) in [6.07, 6.45) is -2.57. The lowest BCUT2D eigenvalue weighted by molar-refractivity contribution is -0.137. The van der Waals surface area contributed by atoms with Crippen molar-refractivity contribution in [2.24, 2.45) is 11.7 Å². The largest absolute Gasteiger partial charge is 0.416 e. The van der Waals surface area contributed by atoms with Crippen LogP contribution in [0.25, 0.3) is 0 Å². The molecule has 3 N–H and O–H groups in total. The van der Waals surface area contributed by atoms with Crippen LogP contribution in [0.15, 0.2) is 24.3 Å². The number of hydrogen-bond donors (Lipinski definition) is 2. The summed E-state index contributed by atoms with van der Waals surface area (Å²) in [5.41, 5.74) is 5.27. The minimum absolute atomic E-state index is 0. The van der Waals surface area contributed by atoms with Crippen molar-refractivity contribution in [3.05, 3.63) is 35.4 Å². The van der Waals surface area contributed by atoms with Crippen LogP contribution in [0.5, 0.6) is 0 Å². The highest BCUT2D eigenvalue weighted by molar-refractivity contribution is 5.85. The molecule has 0 aromatic heterocycles. The maximum Gasteiger partial charge on any atom is 0.416 e. The fourth-order valence-electron chi connectivity index (χ4n) is 2.10. The van der Waals surface area contributed by atoms with Crippen LogP contribution in [0.1, 0.15) is 36.9 Å². The normalized spacial score (nSPS) is 17.6. The average molecular weight is 323 g/mol. The van der Waals surface area contributed by atoms with Gasteiger partial charge in [0.15, 0.2) is 0 Å². The molecule has 118 valence electrons. The Labute approximate surface area is 127 Å². The highest BCUT2D eigenvalue weighted by Crippen LogP contribution is 2.42. The number of halogens is 4. The molecular weight excluding hydrogens is 305 g/mol. The lowest BCUT2D eigenvalue weighted by Crippen LogP contribution is -2.41. The van der Waals surface area contributed by atoms with E-state index >= 15 is 0 Å². The maximum absolute atomic E-state index is 12.7. The molecule has 0 aliphatic heterocycles. The molecule has 0 spiro atoms. The van der Waals surface area contributed by atoms with E-state index in [2.05, 4.69) is 5.32 Å². The van der Waals surface area contributed by atoms with Crippen LogP contribution < -0.4 is 11.1 Å². The van der Waals surface area contributed by atoms with E-state index in [1.54, 1.807) is 13.0 Å². The summed E-state index contributed by atoms with van der Waals surface area (Å²) < 4.78 is 38.2. The van der Waals surface area contributed by atoms with Crippen molar-refractivity contribution in [1.29, 1.82) is 0 Å². The van der Waals surface area contributed by atoms with Gasteiger partial charge in [-0.25, -0.2) is 0 Å². The first-order valence-electron chi connectivity index (χ1n) is 6.52. The molecule has 0 heterocycles. The van der Waals surface area contributed by atoms with Gasteiger partial charge in [0.1, 0.15) is 0 Å². The smallest absolute Gasteiger partial charge is 0.348 e. The van der Waals surface area contributed by atoms with Crippen LogP contribution in [0.2, 0.25) is 0 Å². The van der Waals surface area contributed by atoms with E-state index in [4.69, 9.17) is 5.73 Å². The number of nitrogens with two attached hydrogens (primary N) is 1. The lowest BCUT2D eigenvalue weighted by atomic mass is 9.99. The third kappa shape index (κ3) is 4.61. The Morgan fingerprint density at radius 2 is 2.00 bits per heavy atom. The van der Waals surface area contributed by atoms with Gasteiger partial charge in [-0.3, -0.25) is 4.79 Å². The number of alkyl halides is 3. The first-order valence-corrected chi connectivity index (χ1v) is 6.52. The molecule has 21 heavy (non-hydrogen) atoms. The third-order valence-corrected chi connectivity index (χ3v) is 3.38. The summed E-state index contributed by atoms with van der Waals surface area (Å²) >= 11 is 0. The molecule has 1 saturated carbocycles. The first-order chi connectivity index (χ1) is 9.29. The Bertz CT molecular complexity index is 501. The van der Waals surface area contributed by atoms with Crippen molar-refractivity contribution >= 4 is 18.3 Å². The summed E-state index contributed by atoms with van der Waals surface area (Å²) in [5, 5.41) is 2.74. The number of nitrogens with one attached hydrogen (secondary N) is 1. The molecule has 1 aliphatic rings. The highest BCUT2D eigenvalue weighted by atomic mass is 35.5. The van der Waals surface area contributed by atoms with E-state index in [0.717, 1.165) is 25.0 Å². The molecule has 1 aromatic carbocycles. The van der Waals surface area contributed by atoms with Crippen LogP contribution in [-0.2, 0) is 11.0 Å². The van der Waals surface area contributed by atoms with Crippen LogP contribution in [0.3, 0.4) is 0 Å². The van der Waals surface area contributed by atoms with Crippen molar-refractivity contribution in [3.8, 4) is 0 Å². The zero-order valence-corrected chi connectivity index (χ0v) is 12.3. The molecule has 3 nitrogen and oxygen atoms in total. The van der Waals surface area contributed by atoms with Crippen LogP contribution in [0, 0.1) is 5.92 Å². The summed E-state index contributed by atoms with van der Waals surface area (Å²) in [7, 11) is 0. The van der Waals surface area contributed by atoms with Gasteiger partial charge in [0.05, 0.1) is 17.6 Å². The van der Waals surface area contributed by atoms with Crippen LogP contribution >= 0.6 is 12.4 Å². The van der Waals surface area contributed by atoms with Gasteiger partial charge in [0, 0.05) is 0 Å². The van der Waals surface area contributed by atoms with E-state index in [0.29, 0.717) is 5.56 Å². The molecule has 1 amide bonds. The second-order valence-corrected chi connectivity index (χ2v) is 5.24. The van der Waals surface area contributed by atoms with Crippen molar-refractivity contribution in [3.63, 3.8) is 0 Å². The standard InChI is InChI=1S/C14H17F3N2O.ClH/c1-8(18)13(20)19-12(9-5-6-9)10-3-2-4-11(7-10)14(15,16)17;/h2-4,7-9,12H,5-6,18H2,1H3,(H,19,20);1H/t8-,12?;/m1./s1. The predicted molar refractivity (Wildman–Crippen MR) is 75.9 cm³/mol. The van der Waals surface area contributed by atoms with Crippen molar-refractivity contribution in [2.45, 2.75) is 38.0 Å². The Morgan fingerprint density at radius 3 is 2.48 bits per heavy atom. The van der Waals surface area contributed by atoms with Crippen molar-refractivity contribution in [2.75, 3.05) is 0 Å². The minimum Gasteiger partial charge on any atom is -0.348 e. The van der Waals surface area contributed by atoms with Gasteiger partial charge >= 0.3 is 6.18 Å². The van der Waals surface area contributed by atoms with Crippen LogP contribution in [0.4, 0.5) is 13.2 Å². The van der Waals surface area contributed by atoms with E-state index in [1.165, 1.54) is 6.07 Å². The topological polar surface area (TPSA) is 55.1 Å². The molecule has 2 rings (SSSR count). The molecule has 2 atom stereocenters. The minimum atomic E-state index is -4.38. The van der Waals surface area contributed by atoms with Gasteiger partial charge in [-0.2, -0.15) is 13.2 Å². The molecule has 7 heteroatoms. The number of benzene rings is 1. The van der Waals surface area contributed by atoms with Gasteiger partial charge in [0.2, 0.25) is 5.91 Å². The van der Waals surface area contributed by atoms with Gasteiger partial charge in [0.25, 0.3) is 0 Å². The third-order valence-electron chi connectivity index (χ3n) is 3.38. The van der Waals surface area contributed by atoms with Gasteiger partial charge in [-0.15, -0.1) is 12.4 Å². The molecule has 1 aromatic rings. The Balaban J connectivity index is 0.00000220. The maximum atomic E-state index is 12.7. The summed E-state index contributed by atoms with van der Waals surface area (Å²) in [6, 6.07) is 4.04. The zero-order valence-electron chi connectivity index (χ0n) is 11.5. The number of carbonyl (C=O) groups excluding carboxylic acids is 1. The molecular formula is C14H18ClF3N2O. The second-order valence-electron chi connectivity index (χ2n) is 5.24. The SMILES string of the molecule is C[C@@H](N)C(=O)NC(c1cccc(C(F)(F)F)c1)C1CC1.Cl. The van der Waals surface area contributed by atoms with Crippen molar-refractivity contribution < 1.29 is 18.0 Å². The van der Waals surface area contributed by atoms with E-state index in [1.807, 2.05) is 0 Å². The quantitative estimate of drug-likeness (QED) is 0.895. The molecule has 0 saturated heterocycles. The van der Waals surface area contributed by atoms with Gasteiger partial charge < -0.3 is 11.1 Å². The van der Waals surface area contributed by atoms with Gasteiger partial charge in [-0.1, -0.05) is 12.1 Å². The van der Waals surface area contributed by atoms with Crippen LogP contribution in [-0.4, -0.2) is 11.9 Å². The zero-order chi connectivity index (χ0) is 14.9. The number of carbonyl (C=O) groups is 1. The fraction of sp³-hybridized carbons (Fsp3) is 0.500. The second kappa shape index (κ2) is 6.66. The number of amides is 1. The van der Waals surface area contributed by atoms with Crippen molar-refractivity contribution in [1.82, 2.24) is 5.32 Å². The first kappa shape index (κ1) is 17.8. The summed E-state index contributed by atoms with van der Waals surface area (Å²) in [6.45, 7) is 1.55. The fourth-order valence-corrected chi connectivity index (χ4v) is 2.10. The van der Waals surface area contributed by atoms with E-state index in [-0.39, 0.29) is 24.2 Å². The Kier molecular flexibility index (Phi) is 5.64. The summed E-state index contributed by atoms with van der Waals surface area (Å²) in [4.78, 5) is 11.7. The molecule has 0 bridgehead atoms. The highest BCUT2D eigenvalue weighted by Gasteiger charge is 2.36. The molecule has 1 fully saturated rings. The van der Waals surface area contributed by atoms with E-state index in [9.17, 15) is 18.0 Å². The lowest BCUT2D eigenvalue weighted by Gasteiger charge is -2.21.